The molecule has 0 amide bonds. The molecule has 3 N–H and O–H groups in total. The molecule has 0 aromatic heterocycles. The zero-order valence-corrected chi connectivity index (χ0v) is 19.3. The molecule has 0 spiro atoms. The summed E-state index contributed by atoms with van der Waals surface area (Å²) in [5, 5.41) is 0.369. The van der Waals surface area contributed by atoms with Crippen molar-refractivity contribution in [1.82, 2.24) is 0 Å². The maximum absolute atomic E-state index is 12.0. The number of fused-ring (bicyclic) bond motifs is 2. The van der Waals surface area contributed by atoms with Gasteiger partial charge in [0.25, 0.3) is 10.1 Å². The Balaban J connectivity index is 2.14. The zero-order chi connectivity index (χ0) is 24.8. The summed E-state index contributed by atoms with van der Waals surface area (Å²) in [6.07, 6.45) is 0. The van der Waals surface area contributed by atoms with Gasteiger partial charge in [-0.25, -0.2) is 4.57 Å². The summed E-state index contributed by atoms with van der Waals surface area (Å²) >= 11 is 0. The molecular weight excluding hydrogens is 491 g/mol. The topological polar surface area (TPSA) is 170 Å². The van der Waals surface area contributed by atoms with E-state index in [1.807, 2.05) is 0 Å². The highest BCUT2D eigenvalue weighted by Gasteiger charge is 2.26. The van der Waals surface area contributed by atoms with Crippen LogP contribution in [0, 0.1) is 0 Å². The average Bonchev–Trinajstić information content (AvgIpc) is 2.74. The third kappa shape index (κ3) is 4.49. The first kappa shape index (κ1) is 23.7. The molecule has 2 aromatic rings. The van der Waals surface area contributed by atoms with Gasteiger partial charge < -0.3 is 18.4 Å². The van der Waals surface area contributed by atoms with Crippen LogP contribution in [0.2, 0.25) is 0 Å². The van der Waals surface area contributed by atoms with Gasteiger partial charge in [-0.2, -0.15) is 8.42 Å². The Labute approximate surface area is 192 Å². The SMILES string of the molecule is COc1cc(OC)c(S(=O)(=O)O)cc1-c1c2ccc(=O)cc-2oc2cc(OP(=O)(O)O)ccc12. The smallest absolute Gasteiger partial charge is 0.496 e. The van der Waals surface area contributed by atoms with Gasteiger partial charge in [0.2, 0.25) is 0 Å². The summed E-state index contributed by atoms with van der Waals surface area (Å²) in [5.74, 6) is -0.0700. The first-order valence-electron chi connectivity index (χ1n) is 9.41. The fraction of sp³-hybridized carbons (Fsp3) is 0.0952. The van der Waals surface area contributed by atoms with Crippen molar-refractivity contribution in [1.29, 1.82) is 0 Å². The quantitative estimate of drug-likeness (QED) is 0.198. The summed E-state index contributed by atoms with van der Waals surface area (Å²) in [5.41, 5.74) is 0.683. The number of phosphoric ester groups is 1. The van der Waals surface area contributed by atoms with E-state index in [0.29, 0.717) is 16.5 Å². The molecule has 0 radical (unpaired) electrons. The Morgan fingerprint density at radius 2 is 1.62 bits per heavy atom. The van der Waals surface area contributed by atoms with Crippen molar-refractivity contribution in [3.63, 3.8) is 0 Å². The van der Waals surface area contributed by atoms with Crippen molar-refractivity contribution >= 4 is 28.9 Å². The molecule has 0 atom stereocenters. The molecule has 2 aromatic carbocycles. The number of hydrogen-bond acceptors (Lipinski definition) is 8. The monoisotopic (exact) mass is 508 g/mol. The lowest BCUT2D eigenvalue weighted by atomic mass is 9.93. The Hall–Kier alpha value is -3.41. The van der Waals surface area contributed by atoms with Crippen molar-refractivity contribution in [2.75, 3.05) is 14.2 Å². The zero-order valence-electron chi connectivity index (χ0n) is 17.6. The molecule has 1 aliphatic heterocycles. The van der Waals surface area contributed by atoms with E-state index >= 15 is 0 Å². The van der Waals surface area contributed by atoms with Crippen LogP contribution in [0.3, 0.4) is 0 Å². The van der Waals surface area contributed by atoms with Gasteiger partial charge in [-0.15, -0.1) is 0 Å². The molecule has 0 fully saturated rings. The number of benzene rings is 3. The van der Waals surface area contributed by atoms with E-state index in [9.17, 15) is 22.3 Å². The molecule has 0 unspecified atom stereocenters. The molecule has 11 nitrogen and oxygen atoms in total. The van der Waals surface area contributed by atoms with Gasteiger partial charge in [0.15, 0.2) is 5.43 Å². The van der Waals surface area contributed by atoms with Gasteiger partial charge in [0.1, 0.15) is 33.5 Å². The van der Waals surface area contributed by atoms with Crippen LogP contribution >= 0.6 is 7.82 Å². The highest BCUT2D eigenvalue weighted by molar-refractivity contribution is 7.86. The van der Waals surface area contributed by atoms with Crippen molar-refractivity contribution in [2.24, 2.45) is 0 Å². The van der Waals surface area contributed by atoms with Crippen LogP contribution in [-0.2, 0) is 14.7 Å². The molecule has 1 aliphatic carbocycles. The second-order valence-electron chi connectivity index (χ2n) is 7.05. The molecule has 2 aliphatic rings. The van der Waals surface area contributed by atoms with Gasteiger partial charge in [-0.3, -0.25) is 19.1 Å². The van der Waals surface area contributed by atoms with Crippen molar-refractivity contribution in [2.45, 2.75) is 4.90 Å². The summed E-state index contributed by atoms with van der Waals surface area (Å²) in [4.78, 5) is 29.7. The number of hydrogen-bond donors (Lipinski definition) is 3. The van der Waals surface area contributed by atoms with E-state index in [-0.39, 0.29) is 39.6 Å². The number of rotatable bonds is 6. The lowest BCUT2D eigenvalue weighted by Gasteiger charge is -2.19. The highest BCUT2D eigenvalue weighted by atomic mass is 32.2. The second kappa shape index (κ2) is 8.42. The molecule has 178 valence electrons. The minimum atomic E-state index is -4.86. The van der Waals surface area contributed by atoms with Crippen LogP contribution in [-0.4, -0.2) is 37.0 Å². The normalized spacial score (nSPS) is 12.1. The number of phosphoric acid groups is 1. The minimum absolute atomic E-state index is 0.0744. The Kier molecular flexibility index (Phi) is 5.88. The molecule has 0 saturated heterocycles. The van der Waals surface area contributed by atoms with Crippen LogP contribution < -0.4 is 19.4 Å². The van der Waals surface area contributed by atoms with Crippen LogP contribution in [0.5, 0.6) is 17.2 Å². The van der Waals surface area contributed by atoms with E-state index in [2.05, 4.69) is 4.52 Å². The third-order valence-corrected chi connectivity index (χ3v) is 6.25. The maximum atomic E-state index is 12.0. The molecule has 34 heavy (non-hydrogen) atoms. The Morgan fingerprint density at radius 1 is 0.912 bits per heavy atom. The Bertz CT molecular complexity index is 1600. The predicted octanol–water partition coefficient (Wildman–Crippen LogP) is 3.30. The molecule has 0 bridgehead atoms. The average molecular weight is 508 g/mol. The van der Waals surface area contributed by atoms with Gasteiger partial charge in [0.05, 0.1) is 14.2 Å². The fourth-order valence-electron chi connectivity index (χ4n) is 3.60. The van der Waals surface area contributed by atoms with Crippen LogP contribution in [0.1, 0.15) is 0 Å². The lowest BCUT2D eigenvalue weighted by molar-refractivity contribution is 0.283. The van der Waals surface area contributed by atoms with Crippen molar-refractivity contribution in [3.05, 3.63) is 58.8 Å². The largest absolute Gasteiger partial charge is 0.524 e. The van der Waals surface area contributed by atoms with Crippen LogP contribution in [0.4, 0.5) is 0 Å². The molecule has 4 rings (SSSR count). The first-order chi connectivity index (χ1) is 15.9. The highest BCUT2D eigenvalue weighted by Crippen LogP contribution is 2.47. The summed E-state index contributed by atoms with van der Waals surface area (Å²) in [6, 6.07) is 10.4. The van der Waals surface area contributed by atoms with Crippen LogP contribution in [0.25, 0.3) is 33.4 Å². The van der Waals surface area contributed by atoms with E-state index in [1.165, 1.54) is 56.7 Å². The number of methoxy groups -OCH3 is 2. The maximum Gasteiger partial charge on any atom is 0.524 e. The minimum Gasteiger partial charge on any atom is -0.496 e. The second-order valence-corrected chi connectivity index (χ2v) is 9.61. The number of ether oxygens (including phenoxy) is 2. The summed E-state index contributed by atoms with van der Waals surface area (Å²) < 4.78 is 66.0. The van der Waals surface area contributed by atoms with Gasteiger partial charge >= 0.3 is 7.82 Å². The van der Waals surface area contributed by atoms with E-state index in [0.717, 1.165) is 6.07 Å². The molecule has 0 saturated carbocycles. The first-order valence-corrected chi connectivity index (χ1v) is 12.4. The Morgan fingerprint density at radius 3 is 2.24 bits per heavy atom. The van der Waals surface area contributed by atoms with Gasteiger partial charge in [-0.1, -0.05) is 0 Å². The van der Waals surface area contributed by atoms with Crippen molar-refractivity contribution < 1.29 is 45.7 Å². The standard InChI is InChI=1S/C21H17O11PS/c1-29-16-10-19(30-2)20(34(26,27)28)9-15(16)21-13-5-3-11(22)7-17(13)31-18-8-12(4-6-14(18)21)32-33(23,24)25/h3-10H,1-2H3,(H2,23,24,25)(H,26,27,28). The third-order valence-electron chi connectivity index (χ3n) is 4.92. The fourth-order valence-corrected chi connectivity index (χ4v) is 4.65. The van der Waals surface area contributed by atoms with Crippen molar-refractivity contribution in [3.8, 4) is 39.7 Å². The van der Waals surface area contributed by atoms with E-state index < -0.39 is 22.8 Å². The van der Waals surface area contributed by atoms with Gasteiger partial charge in [0, 0.05) is 40.3 Å². The lowest BCUT2D eigenvalue weighted by Crippen LogP contribution is -2.04. The molecular formula is C21H17O11PS. The molecule has 13 heteroatoms. The molecule has 1 heterocycles. The summed E-state index contributed by atoms with van der Waals surface area (Å²) in [7, 11) is -6.98. The summed E-state index contributed by atoms with van der Waals surface area (Å²) in [6.45, 7) is 0. The van der Waals surface area contributed by atoms with E-state index in [4.69, 9.17) is 23.7 Å². The predicted molar refractivity (Wildman–Crippen MR) is 120 cm³/mol. The van der Waals surface area contributed by atoms with Gasteiger partial charge in [-0.05, 0) is 30.3 Å². The van der Waals surface area contributed by atoms with E-state index in [1.54, 1.807) is 0 Å². The van der Waals surface area contributed by atoms with Crippen LogP contribution in [0.15, 0.2) is 62.6 Å².